The van der Waals surface area contributed by atoms with E-state index in [1.165, 1.54) is 38.5 Å². The lowest BCUT2D eigenvalue weighted by Gasteiger charge is -2.31. The molecule has 0 amide bonds. The van der Waals surface area contributed by atoms with Crippen molar-refractivity contribution in [1.82, 2.24) is 4.98 Å². The van der Waals surface area contributed by atoms with Crippen molar-refractivity contribution in [2.24, 2.45) is 11.8 Å². The molecule has 1 saturated carbocycles. The molecule has 0 radical (unpaired) electrons. The van der Waals surface area contributed by atoms with Crippen LogP contribution in [-0.4, -0.2) is 16.2 Å². The number of aromatic nitrogens is 1. The number of nitrogens with zero attached hydrogens (tertiary/aromatic N) is 1. The molecule has 2 rings (SSSR count). The molecule has 0 bridgehead atoms. The van der Waals surface area contributed by atoms with Crippen LogP contribution in [0.1, 0.15) is 56.2 Å². The molecule has 0 aliphatic heterocycles. The summed E-state index contributed by atoms with van der Waals surface area (Å²) in [5.41, 5.74) is 1.08. The van der Waals surface area contributed by atoms with E-state index < -0.39 is 0 Å². The summed E-state index contributed by atoms with van der Waals surface area (Å²) in [7, 11) is 0. The van der Waals surface area contributed by atoms with Crippen molar-refractivity contribution in [2.45, 2.75) is 64.9 Å². The highest BCUT2D eigenvalue weighted by Crippen LogP contribution is 2.34. The average molecular weight is 267 g/mol. The molecule has 2 nitrogen and oxygen atoms in total. The highest BCUT2D eigenvalue weighted by atomic mass is 32.1. The van der Waals surface area contributed by atoms with E-state index in [4.69, 9.17) is 0 Å². The van der Waals surface area contributed by atoms with Crippen molar-refractivity contribution < 1.29 is 5.11 Å². The Morgan fingerprint density at radius 1 is 1.39 bits per heavy atom. The Balaban J connectivity index is 1.78. The van der Waals surface area contributed by atoms with Crippen LogP contribution in [-0.2, 0) is 6.42 Å². The molecular weight excluding hydrogens is 242 g/mol. The van der Waals surface area contributed by atoms with Gasteiger partial charge in [-0.05, 0) is 31.6 Å². The minimum Gasteiger partial charge on any atom is -0.392 e. The third kappa shape index (κ3) is 3.79. The quantitative estimate of drug-likeness (QED) is 0.876. The minimum absolute atomic E-state index is 0.182. The SMILES string of the molecule is CCCC1CCC(C(O)Cc2nc(C)cs2)CC1. The van der Waals surface area contributed by atoms with Gasteiger partial charge in [-0.3, -0.25) is 0 Å². The van der Waals surface area contributed by atoms with Crippen LogP contribution in [0.15, 0.2) is 5.38 Å². The molecule has 18 heavy (non-hydrogen) atoms. The number of aryl methyl sites for hydroxylation is 1. The highest BCUT2D eigenvalue weighted by molar-refractivity contribution is 7.09. The van der Waals surface area contributed by atoms with E-state index in [9.17, 15) is 5.11 Å². The van der Waals surface area contributed by atoms with Crippen LogP contribution >= 0.6 is 11.3 Å². The van der Waals surface area contributed by atoms with Crippen LogP contribution in [0.2, 0.25) is 0 Å². The van der Waals surface area contributed by atoms with E-state index in [0.717, 1.165) is 23.0 Å². The molecule has 1 aromatic heterocycles. The van der Waals surface area contributed by atoms with Crippen molar-refractivity contribution in [3.63, 3.8) is 0 Å². The Hall–Kier alpha value is -0.410. The Morgan fingerprint density at radius 2 is 2.11 bits per heavy atom. The van der Waals surface area contributed by atoms with Gasteiger partial charge in [0, 0.05) is 17.5 Å². The fourth-order valence-electron chi connectivity index (χ4n) is 3.11. The number of aliphatic hydroxyl groups is 1. The zero-order valence-corrected chi connectivity index (χ0v) is 12.4. The summed E-state index contributed by atoms with van der Waals surface area (Å²) in [6.07, 6.45) is 8.27. The van der Waals surface area contributed by atoms with Gasteiger partial charge in [-0.25, -0.2) is 4.98 Å². The van der Waals surface area contributed by atoms with Gasteiger partial charge in [0.2, 0.25) is 0 Å². The van der Waals surface area contributed by atoms with Crippen LogP contribution in [0.25, 0.3) is 0 Å². The van der Waals surface area contributed by atoms with Crippen molar-refractivity contribution in [2.75, 3.05) is 0 Å². The van der Waals surface area contributed by atoms with E-state index in [-0.39, 0.29) is 6.10 Å². The van der Waals surface area contributed by atoms with Crippen molar-refractivity contribution in [3.8, 4) is 0 Å². The second-order valence-electron chi connectivity index (χ2n) is 5.72. The lowest BCUT2D eigenvalue weighted by Crippen LogP contribution is -2.27. The Labute approximate surface area is 114 Å². The number of hydrogen-bond acceptors (Lipinski definition) is 3. The van der Waals surface area contributed by atoms with Gasteiger partial charge in [-0.15, -0.1) is 11.3 Å². The first-order valence-electron chi connectivity index (χ1n) is 7.28. The van der Waals surface area contributed by atoms with Gasteiger partial charge in [-0.2, -0.15) is 0 Å². The molecule has 1 fully saturated rings. The maximum absolute atomic E-state index is 10.3. The first kappa shape index (κ1) is 14.0. The predicted octanol–water partition coefficient (Wildman–Crippen LogP) is 3.96. The zero-order valence-electron chi connectivity index (χ0n) is 11.6. The maximum atomic E-state index is 10.3. The normalized spacial score (nSPS) is 26.2. The molecule has 0 saturated heterocycles. The largest absolute Gasteiger partial charge is 0.392 e. The molecule has 102 valence electrons. The number of thiazole rings is 1. The fourth-order valence-corrected chi connectivity index (χ4v) is 3.93. The summed E-state index contributed by atoms with van der Waals surface area (Å²) in [6, 6.07) is 0. The van der Waals surface area contributed by atoms with Crippen LogP contribution in [0, 0.1) is 18.8 Å². The molecule has 1 aliphatic carbocycles. The van der Waals surface area contributed by atoms with Gasteiger partial charge >= 0.3 is 0 Å². The smallest absolute Gasteiger partial charge is 0.0954 e. The zero-order chi connectivity index (χ0) is 13.0. The van der Waals surface area contributed by atoms with Gasteiger partial charge in [-0.1, -0.05) is 32.6 Å². The standard InChI is InChI=1S/C15H25NOS/c1-3-4-12-5-7-13(8-6-12)14(17)9-15-16-11(2)10-18-15/h10,12-14,17H,3-9H2,1-2H3. The summed E-state index contributed by atoms with van der Waals surface area (Å²) < 4.78 is 0. The van der Waals surface area contributed by atoms with E-state index >= 15 is 0 Å². The molecule has 1 aliphatic rings. The first-order valence-corrected chi connectivity index (χ1v) is 8.16. The Bertz CT molecular complexity index is 355. The van der Waals surface area contributed by atoms with E-state index in [1.54, 1.807) is 11.3 Å². The molecule has 3 heteroatoms. The Kier molecular flexibility index (Phi) is 5.19. The third-order valence-corrected chi connectivity index (χ3v) is 5.17. The topological polar surface area (TPSA) is 33.1 Å². The number of aliphatic hydroxyl groups excluding tert-OH is 1. The maximum Gasteiger partial charge on any atom is 0.0954 e. The second kappa shape index (κ2) is 6.67. The molecule has 0 spiro atoms. The lowest BCUT2D eigenvalue weighted by atomic mass is 9.77. The number of rotatable bonds is 5. The number of hydrogen-bond donors (Lipinski definition) is 1. The summed E-state index contributed by atoms with van der Waals surface area (Å²) >= 11 is 1.68. The molecule has 1 heterocycles. The summed E-state index contributed by atoms with van der Waals surface area (Å²) in [5, 5.41) is 13.5. The summed E-state index contributed by atoms with van der Waals surface area (Å²) in [4.78, 5) is 4.45. The lowest BCUT2D eigenvalue weighted by molar-refractivity contribution is 0.0727. The molecule has 1 aromatic rings. The predicted molar refractivity (Wildman–Crippen MR) is 76.9 cm³/mol. The summed E-state index contributed by atoms with van der Waals surface area (Å²) in [6.45, 7) is 4.29. The van der Waals surface area contributed by atoms with Crippen molar-refractivity contribution in [1.29, 1.82) is 0 Å². The Morgan fingerprint density at radius 3 is 2.67 bits per heavy atom. The van der Waals surface area contributed by atoms with Gasteiger partial charge in [0.1, 0.15) is 0 Å². The van der Waals surface area contributed by atoms with Crippen LogP contribution in [0.3, 0.4) is 0 Å². The second-order valence-corrected chi connectivity index (χ2v) is 6.67. The van der Waals surface area contributed by atoms with E-state index in [1.807, 2.05) is 6.92 Å². The van der Waals surface area contributed by atoms with Crippen LogP contribution in [0.4, 0.5) is 0 Å². The van der Waals surface area contributed by atoms with E-state index in [0.29, 0.717) is 5.92 Å². The molecule has 1 atom stereocenters. The fraction of sp³-hybridized carbons (Fsp3) is 0.800. The molecule has 0 aromatic carbocycles. The first-order chi connectivity index (χ1) is 8.69. The highest BCUT2D eigenvalue weighted by Gasteiger charge is 2.26. The van der Waals surface area contributed by atoms with Gasteiger partial charge < -0.3 is 5.11 Å². The van der Waals surface area contributed by atoms with Crippen LogP contribution in [0.5, 0.6) is 0 Å². The third-order valence-electron chi connectivity index (χ3n) is 4.18. The summed E-state index contributed by atoms with van der Waals surface area (Å²) in [5.74, 6) is 1.42. The monoisotopic (exact) mass is 267 g/mol. The van der Waals surface area contributed by atoms with Gasteiger partial charge in [0.25, 0.3) is 0 Å². The van der Waals surface area contributed by atoms with Gasteiger partial charge in [0.05, 0.1) is 11.1 Å². The van der Waals surface area contributed by atoms with Crippen molar-refractivity contribution in [3.05, 3.63) is 16.1 Å². The van der Waals surface area contributed by atoms with Gasteiger partial charge in [0.15, 0.2) is 0 Å². The molecule has 1 unspecified atom stereocenters. The van der Waals surface area contributed by atoms with E-state index in [2.05, 4.69) is 17.3 Å². The average Bonchev–Trinajstić information content (AvgIpc) is 2.76. The van der Waals surface area contributed by atoms with Crippen LogP contribution < -0.4 is 0 Å². The molecule has 1 N–H and O–H groups in total. The minimum atomic E-state index is -0.182. The molecular formula is C15H25NOS. The van der Waals surface area contributed by atoms with Crippen molar-refractivity contribution >= 4 is 11.3 Å².